The molecule has 160 valence electrons. The molecule has 4 nitrogen and oxygen atoms in total. The summed E-state index contributed by atoms with van der Waals surface area (Å²) in [5.41, 5.74) is 2.37. The van der Waals surface area contributed by atoms with Crippen LogP contribution in [0.1, 0.15) is 44.1 Å². The van der Waals surface area contributed by atoms with Crippen molar-refractivity contribution in [2.24, 2.45) is 5.92 Å². The monoisotopic (exact) mass is 426 g/mol. The number of carbonyl (C=O) groups excluding carboxylic acids is 1. The molecule has 2 aromatic carbocycles. The van der Waals surface area contributed by atoms with Crippen molar-refractivity contribution in [2.45, 2.75) is 51.1 Å². The molecule has 1 unspecified atom stereocenters. The van der Waals surface area contributed by atoms with Crippen molar-refractivity contribution in [3.05, 3.63) is 59.1 Å². The second-order valence-corrected chi connectivity index (χ2v) is 8.91. The number of fused-ring (bicyclic) bond motifs is 1. The topological polar surface area (TPSA) is 32.8 Å². The summed E-state index contributed by atoms with van der Waals surface area (Å²) in [5, 5.41) is 0.706. The molecule has 0 aromatic heterocycles. The number of hydrogen-bond donors (Lipinski definition) is 0. The van der Waals surface area contributed by atoms with E-state index in [1.54, 1.807) is 0 Å². The third kappa shape index (κ3) is 4.81. The predicted octanol–water partition coefficient (Wildman–Crippen LogP) is 5.54. The summed E-state index contributed by atoms with van der Waals surface area (Å²) < 4.78 is 5.90. The first-order valence-corrected chi connectivity index (χ1v) is 11.5. The summed E-state index contributed by atoms with van der Waals surface area (Å²) in [6, 6.07) is 15.8. The van der Waals surface area contributed by atoms with Crippen LogP contribution in [0.2, 0.25) is 5.02 Å². The molecule has 1 aliphatic heterocycles. The quantitative estimate of drug-likeness (QED) is 0.608. The van der Waals surface area contributed by atoms with Gasteiger partial charge >= 0.3 is 0 Å². The molecule has 0 N–H and O–H groups in total. The molecule has 0 saturated heterocycles. The van der Waals surface area contributed by atoms with E-state index in [0.717, 1.165) is 43.7 Å². The minimum atomic E-state index is 0.0724. The Morgan fingerprint density at radius 1 is 1.07 bits per heavy atom. The van der Waals surface area contributed by atoms with Crippen LogP contribution in [0.5, 0.6) is 5.75 Å². The molecule has 2 aromatic rings. The summed E-state index contributed by atoms with van der Waals surface area (Å²) in [6.07, 6.45) is 7.66. The minimum absolute atomic E-state index is 0.0724. The van der Waals surface area contributed by atoms with Crippen LogP contribution in [0.4, 0.5) is 5.69 Å². The molecule has 0 radical (unpaired) electrons. The Morgan fingerprint density at radius 3 is 2.57 bits per heavy atom. The van der Waals surface area contributed by atoms with Crippen LogP contribution in [-0.2, 0) is 11.2 Å². The largest absolute Gasteiger partial charge is 0.492 e. The van der Waals surface area contributed by atoms with E-state index < -0.39 is 0 Å². The number of aryl methyl sites for hydroxylation is 1. The van der Waals surface area contributed by atoms with E-state index >= 15 is 0 Å². The highest BCUT2D eigenvalue weighted by molar-refractivity contribution is 6.30. The van der Waals surface area contributed by atoms with Gasteiger partial charge < -0.3 is 4.74 Å². The van der Waals surface area contributed by atoms with Crippen LogP contribution < -0.4 is 9.64 Å². The van der Waals surface area contributed by atoms with Crippen molar-refractivity contribution in [1.82, 2.24) is 4.90 Å². The Kier molecular flexibility index (Phi) is 6.96. The number of ether oxygens (including phenoxy) is 1. The van der Waals surface area contributed by atoms with Crippen LogP contribution in [0, 0.1) is 5.92 Å². The van der Waals surface area contributed by atoms with Gasteiger partial charge in [0, 0.05) is 23.2 Å². The SMILES string of the molecule is CN(CCOc1ccc(Cl)cc1)C1CCc2ccccc2N1C(=O)C1CCCCC1. The first kappa shape index (κ1) is 21.2. The number of amides is 1. The average molecular weight is 427 g/mol. The first-order chi connectivity index (χ1) is 14.6. The lowest BCUT2D eigenvalue weighted by atomic mass is 9.87. The van der Waals surface area contributed by atoms with Gasteiger partial charge in [0.05, 0.1) is 6.17 Å². The standard InChI is InChI=1S/C25H31ClN2O2/c1-27(17-18-30-22-14-12-21(26)13-15-22)24-16-11-19-7-5-6-10-23(19)28(24)25(29)20-8-3-2-4-9-20/h5-7,10,12-15,20,24H,2-4,8-9,11,16-18H2,1H3. The normalized spacial score (nSPS) is 19.6. The number of likely N-dealkylation sites (N-methyl/N-ethyl adjacent to an activating group) is 1. The Morgan fingerprint density at radius 2 is 1.80 bits per heavy atom. The molecule has 1 fully saturated rings. The van der Waals surface area contributed by atoms with Crippen LogP contribution >= 0.6 is 11.6 Å². The number of anilines is 1. The van der Waals surface area contributed by atoms with Crippen LogP contribution in [0.3, 0.4) is 0 Å². The summed E-state index contributed by atoms with van der Waals surface area (Å²) in [6.45, 7) is 1.33. The molecule has 5 heteroatoms. The fraction of sp³-hybridized carbons (Fsp3) is 0.480. The predicted molar refractivity (Wildman–Crippen MR) is 122 cm³/mol. The van der Waals surface area contributed by atoms with E-state index in [0.29, 0.717) is 17.5 Å². The van der Waals surface area contributed by atoms with E-state index in [4.69, 9.17) is 16.3 Å². The van der Waals surface area contributed by atoms with E-state index in [1.165, 1.54) is 24.8 Å². The minimum Gasteiger partial charge on any atom is -0.492 e. The number of rotatable bonds is 6. The summed E-state index contributed by atoms with van der Waals surface area (Å²) in [5.74, 6) is 1.28. The molecule has 0 bridgehead atoms. The average Bonchev–Trinajstić information content (AvgIpc) is 2.79. The van der Waals surface area contributed by atoms with Crippen LogP contribution in [-0.4, -0.2) is 37.2 Å². The van der Waals surface area contributed by atoms with Gasteiger partial charge in [0.25, 0.3) is 0 Å². The molecule has 0 spiro atoms. The third-order valence-corrected chi connectivity index (χ3v) is 6.70. The first-order valence-electron chi connectivity index (χ1n) is 11.1. The lowest BCUT2D eigenvalue weighted by Crippen LogP contribution is -2.54. The molecule has 4 rings (SSSR count). The molecule has 1 heterocycles. The fourth-order valence-electron chi connectivity index (χ4n) is 4.75. The van der Waals surface area contributed by atoms with E-state index in [9.17, 15) is 4.79 Å². The Labute approximate surface area is 184 Å². The summed E-state index contributed by atoms with van der Waals surface area (Å²) in [4.78, 5) is 18.0. The zero-order chi connectivity index (χ0) is 20.9. The number of benzene rings is 2. The van der Waals surface area contributed by atoms with Gasteiger partial charge in [-0.05, 0) is 68.6 Å². The Hall–Kier alpha value is -2.04. The molecular formula is C25H31ClN2O2. The highest BCUT2D eigenvalue weighted by atomic mass is 35.5. The lowest BCUT2D eigenvalue weighted by molar-refractivity contribution is -0.124. The van der Waals surface area contributed by atoms with Gasteiger partial charge in [0.2, 0.25) is 5.91 Å². The second kappa shape index (κ2) is 9.84. The van der Waals surface area contributed by atoms with Gasteiger partial charge in [0.15, 0.2) is 0 Å². The van der Waals surface area contributed by atoms with E-state index in [1.807, 2.05) is 30.3 Å². The second-order valence-electron chi connectivity index (χ2n) is 8.47. The molecule has 1 atom stereocenters. The lowest BCUT2D eigenvalue weighted by Gasteiger charge is -2.43. The number of halogens is 1. The van der Waals surface area contributed by atoms with Crippen molar-refractivity contribution in [3.8, 4) is 5.75 Å². The summed E-state index contributed by atoms with van der Waals surface area (Å²) in [7, 11) is 2.10. The fourth-order valence-corrected chi connectivity index (χ4v) is 4.87. The molecular weight excluding hydrogens is 396 g/mol. The highest BCUT2D eigenvalue weighted by Gasteiger charge is 2.36. The third-order valence-electron chi connectivity index (χ3n) is 6.45. The highest BCUT2D eigenvalue weighted by Crippen LogP contribution is 2.35. The zero-order valence-corrected chi connectivity index (χ0v) is 18.5. The number of hydrogen-bond acceptors (Lipinski definition) is 3. The smallest absolute Gasteiger partial charge is 0.231 e. The van der Waals surface area contributed by atoms with Gasteiger partial charge in [0.1, 0.15) is 12.4 Å². The Balaban J connectivity index is 1.46. The van der Waals surface area contributed by atoms with Gasteiger partial charge in [-0.1, -0.05) is 49.1 Å². The number of para-hydroxylation sites is 1. The molecule has 1 amide bonds. The Bertz CT molecular complexity index is 848. The van der Waals surface area contributed by atoms with Crippen molar-refractivity contribution in [2.75, 3.05) is 25.1 Å². The molecule has 1 aliphatic carbocycles. The molecule has 1 saturated carbocycles. The van der Waals surface area contributed by atoms with Gasteiger partial charge in [-0.15, -0.1) is 0 Å². The van der Waals surface area contributed by atoms with Gasteiger partial charge in [-0.3, -0.25) is 14.6 Å². The van der Waals surface area contributed by atoms with Crippen molar-refractivity contribution >= 4 is 23.2 Å². The van der Waals surface area contributed by atoms with Gasteiger partial charge in [-0.25, -0.2) is 0 Å². The van der Waals surface area contributed by atoms with Crippen molar-refractivity contribution < 1.29 is 9.53 Å². The summed E-state index contributed by atoms with van der Waals surface area (Å²) >= 11 is 5.95. The number of carbonyl (C=O) groups is 1. The van der Waals surface area contributed by atoms with Gasteiger partial charge in [-0.2, -0.15) is 0 Å². The molecule has 30 heavy (non-hydrogen) atoms. The molecule has 2 aliphatic rings. The maximum atomic E-state index is 13.6. The van der Waals surface area contributed by atoms with Crippen LogP contribution in [0.25, 0.3) is 0 Å². The zero-order valence-electron chi connectivity index (χ0n) is 17.7. The number of nitrogens with zero attached hydrogens (tertiary/aromatic N) is 2. The van der Waals surface area contributed by atoms with Crippen LogP contribution in [0.15, 0.2) is 48.5 Å². The van der Waals surface area contributed by atoms with Crippen molar-refractivity contribution in [1.29, 1.82) is 0 Å². The van der Waals surface area contributed by atoms with Crippen molar-refractivity contribution in [3.63, 3.8) is 0 Å². The maximum Gasteiger partial charge on any atom is 0.231 e. The van der Waals surface area contributed by atoms with E-state index in [2.05, 4.69) is 35.0 Å². The van der Waals surface area contributed by atoms with E-state index in [-0.39, 0.29) is 12.1 Å². The maximum absolute atomic E-state index is 13.6.